The predicted molar refractivity (Wildman–Crippen MR) is 165 cm³/mol. The highest BCUT2D eigenvalue weighted by molar-refractivity contribution is 9.10. The highest BCUT2D eigenvalue weighted by Crippen LogP contribution is 2.33. The largest absolute Gasteiger partial charge is 0.477 e. The van der Waals surface area contributed by atoms with Crippen LogP contribution in [0.4, 0.5) is 11.4 Å². The minimum atomic E-state index is -3.92. The van der Waals surface area contributed by atoms with Gasteiger partial charge in [-0.25, -0.2) is 13.2 Å². The van der Waals surface area contributed by atoms with Gasteiger partial charge in [0.1, 0.15) is 5.69 Å². The van der Waals surface area contributed by atoms with Gasteiger partial charge in [-0.2, -0.15) is 0 Å². The molecule has 11 heteroatoms. The van der Waals surface area contributed by atoms with E-state index in [-0.39, 0.29) is 28.7 Å². The minimum Gasteiger partial charge on any atom is -0.477 e. The van der Waals surface area contributed by atoms with Crippen LogP contribution in [-0.2, 0) is 21.4 Å². The third-order valence-electron chi connectivity index (χ3n) is 6.53. The molecule has 1 aromatic heterocycles. The number of aromatic carboxylic acids is 1. The molecule has 212 valence electrons. The van der Waals surface area contributed by atoms with Crippen LogP contribution in [0, 0.1) is 0 Å². The summed E-state index contributed by atoms with van der Waals surface area (Å²) in [5.41, 5.74) is 1.82. The number of hydrogen-bond acceptors (Lipinski definition) is 5. The fourth-order valence-electron chi connectivity index (χ4n) is 4.69. The second-order valence-corrected chi connectivity index (χ2v) is 12.1. The Morgan fingerprint density at radius 1 is 0.857 bits per heavy atom. The van der Waals surface area contributed by atoms with Crippen LogP contribution >= 0.6 is 15.9 Å². The number of nitrogens with one attached hydrogen (secondary N) is 2. The first-order valence-electron chi connectivity index (χ1n) is 12.7. The number of carbonyl (C=O) groups is 2. The molecule has 0 aliphatic carbocycles. The lowest BCUT2D eigenvalue weighted by Gasteiger charge is -2.18. The number of hydrogen-bond donors (Lipinski definition) is 3. The Morgan fingerprint density at radius 2 is 1.50 bits per heavy atom. The molecule has 0 aliphatic heterocycles. The van der Waals surface area contributed by atoms with Crippen molar-refractivity contribution >= 4 is 60.0 Å². The molecule has 9 nitrogen and oxygen atoms in total. The van der Waals surface area contributed by atoms with E-state index >= 15 is 0 Å². The molecule has 4 aromatic carbocycles. The fraction of sp³-hybridized carbons (Fsp3) is 0.0645. The van der Waals surface area contributed by atoms with Crippen LogP contribution in [0.15, 0.2) is 111 Å². The summed E-state index contributed by atoms with van der Waals surface area (Å²) in [6, 6.07) is 26.2. The average Bonchev–Trinajstić information content (AvgIpc) is 2.95. The molecule has 0 atom stereocenters. The number of pyridine rings is 1. The van der Waals surface area contributed by atoms with Crippen molar-refractivity contribution in [2.75, 3.05) is 10.0 Å². The molecule has 0 saturated carbocycles. The van der Waals surface area contributed by atoms with Crippen LogP contribution in [0.5, 0.6) is 0 Å². The van der Waals surface area contributed by atoms with Crippen LogP contribution in [0.25, 0.3) is 21.9 Å². The first kappa shape index (κ1) is 28.8. The van der Waals surface area contributed by atoms with Gasteiger partial charge in [0, 0.05) is 33.7 Å². The Hall–Kier alpha value is -4.74. The van der Waals surface area contributed by atoms with Crippen LogP contribution in [-0.4, -0.2) is 30.0 Å². The smallest absolute Gasteiger partial charge is 0.353 e. The van der Waals surface area contributed by atoms with E-state index in [0.29, 0.717) is 37.6 Å². The van der Waals surface area contributed by atoms with Crippen molar-refractivity contribution in [2.45, 2.75) is 18.4 Å². The summed E-state index contributed by atoms with van der Waals surface area (Å²) in [7, 11) is -3.92. The van der Waals surface area contributed by atoms with Crippen LogP contribution in [0.1, 0.15) is 23.0 Å². The summed E-state index contributed by atoms with van der Waals surface area (Å²) in [5.74, 6) is -1.52. The van der Waals surface area contributed by atoms with E-state index in [2.05, 4.69) is 26.0 Å². The molecule has 5 rings (SSSR count). The van der Waals surface area contributed by atoms with Crippen LogP contribution < -0.4 is 15.6 Å². The van der Waals surface area contributed by atoms with E-state index in [4.69, 9.17) is 0 Å². The quantitative estimate of drug-likeness (QED) is 0.191. The van der Waals surface area contributed by atoms with E-state index in [1.54, 1.807) is 66.7 Å². The van der Waals surface area contributed by atoms with Crippen molar-refractivity contribution < 1.29 is 23.1 Å². The number of anilines is 2. The molecule has 0 aliphatic rings. The van der Waals surface area contributed by atoms with Gasteiger partial charge in [-0.3, -0.25) is 18.9 Å². The standard InChI is InChI=1S/C31H24BrN3O6S/c1-19(36)33-23-12-14-25(15-13-23)42(40,41)34-24-10-7-20(8-11-24)18-35-29(31(38)39)28(21-5-3-2-4-6-21)27-17-22(32)9-16-26(27)30(35)37/h2-17,34H,18H2,1H3,(H,33,36)(H,38,39). The highest BCUT2D eigenvalue weighted by atomic mass is 79.9. The summed E-state index contributed by atoms with van der Waals surface area (Å²) in [6.45, 7) is 1.31. The summed E-state index contributed by atoms with van der Waals surface area (Å²) in [6.07, 6.45) is 0. The van der Waals surface area contributed by atoms with Gasteiger partial charge in [0.25, 0.3) is 15.6 Å². The molecule has 1 amide bonds. The van der Waals surface area contributed by atoms with Crippen molar-refractivity contribution in [2.24, 2.45) is 0 Å². The third kappa shape index (κ3) is 5.97. The molecule has 0 spiro atoms. The molecule has 42 heavy (non-hydrogen) atoms. The Labute approximate surface area is 249 Å². The first-order valence-corrected chi connectivity index (χ1v) is 15.0. The zero-order valence-corrected chi connectivity index (χ0v) is 24.6. The number of sulfonamides is 1. The first-order chi connectivity index (χ1) is 20.0. The Morgan fingerprint density at radius 3 is 2.12 bits per heavy atom. The van der Waals surface area contributed by atoms with E-state index < -0.39 is 21.6 Å². The van der Waals surface area contributed by atoms with Gasteiger partial charge in [-0.15, -0.1) is 0 Å². The van der Waals surface area contributed by atoms with E-state index in [1.807, 2.05) is 6.07 Å². The van der Waals surface area contributed by atoms with Crippen molar-refractivity contribution in [3.8, 4) is 11.1 Å². The maximum absolute atomic E-state index is 13.6. The number of fused-ring (bicyclic) bond motifs is 1. The van der Waals surface area contributed by atoms with Crippen molar-refractivity contribution in [3.05, 3.63) is 123 Å². The zero-order valence-electron chi connectivity index (χ0n) is 22.2. The third-order valence-corrected chi connectivity index (χ3v) is 8.42. The van der Waals surface area contributed by atoms with Crippen LogP contribution in [0.2, 0.25) is 0 Å². The molecule has 0 bridgehead atoms. The maximum atomic E-state index is 13.6. The molecule has 0 unspecified atom stereocenters. The number of carboxylic acids is 1. The lowest BCUT2D eigenvalue weighted by molar-refractivity contribution is -0.114. The number of aromatic nitrogens is 1. The van der Waals surface area contributed by atoms with Crippen molar-refractivity contribution in [1.82, 2.24) is 4.57 Å². The number of carbonyl (C=O) groups excluding carboxylic acids is 1. The maximum Gasteiger partial charge on any atom is 0.353 e. The Balaban J connectivity index is 1.49. The second-order valence-electron chi connectivity index (χ2n) is 9.48. The lowest BCUT2D eigenvalue weighted by atomic mass is 9.96. The molecule has 3 N–H and O–H groups in total. The molecule has 0 saturated heterocycles. The Kier molecular flexibility index (Phi) is 7.97. The minimum absolute atomic E-state index is 0.00886. The SMILES string of the molecule is CC(=O)Nc1ccc(S(=O)(=O)Nc2ccc(Cn3c(C(=O)O)c(-c4ccccc4)c4cc(Br)ccc4c3=O)cc2)cc1. The average molecular weight is 647 g/mol. The lowest BCUT2D eigenvalue weighted by Crippen LogP contribution is -2.28. The van der Waals surface area contributed by atoms with Crippen molar-refractivity contribution in [1.29, 1.82) is 0 Å². The van der Waals surface area contributed by atoms with Gasteiger partial charge < -0.3 is 10.4 Å². The van der Waals surface area contributed by atoms with Gasteiger partial charge in [0.15, 0.2) is 0 Å². The van der Waals surface area contributed by atoms with Gasteiger partial charge >= 0.3 is 5.97 Å². The van der Waals surface area contributed by atoms with E-state index in [1.165, 1.54) is 35.8 Å². The zero-order chi connectivity index (χ0) is 30.0. The molecule has 1 heterocycles. The number of halogens is 1. The molecule has 0 fully saturated rings. The normalized spacial score (nSPS) is 11.3. The number of rotatable bonds is 8. The summed E-state index contributed by atoms with van der Waals surface area (Å²) in [4.78, 5) is 37.5. The molecular weight excluding hydrogens is 622 g/mol. The van der Waals surface area contributed by atoms with Gasteiger partial charge in [0.05, 0.1) is 11.4 Å². The highest BCUT2D eigenvalue weighted by Gasteiger charge is 2.23. The summed E-state index contributed by atoms with van der Waals surface area (Å²) in [5, 5.41) is 13.8. The van der Waals surface area contributed by atoms with Gasteiger partial charge in [0.2, 0.25) is 5.91 Å². The predicted octanol–water partition coefficient (Wildman–Crippen LogP) is 5.94. The topological polar surface area (TPSA) is 135 Å². The molecule has 0 radical (unpaired) electrons. The number of carboxylic acid groups (broad SMARTS) is 1. The number of nitrogens with zero attached hydrogens (tertiary/aromatic N) is 1. The molecule has 5 aromatic rings. The molecular formula is C31H24BrN3O6S. The van der Waals surface area contributed by atoms with Gasteiger partial charge in [-0.05, 0) is 71.1 Å². The number of benzene rings is 4. The van der Waals surface area contributed by atoms with E-state index in [0.717, 1.165) is 0 Å². The Bertz CT molecular complexity index is 1990. The fourth-order valence-corrected chi connectivity index (χ4v) is 6.10. The van der Waals surface area contributed by atoms with Crippen molar-refractivity contribution in [3.63, 3.8) is 0 Å². The van der Waals surface area contributed by atoms with Gasteiger partial charge in [-0.1, -0.05) is 58.4 Å². The second kappa shape index (κ2) is 11.6. The van der Waals surface area contributed by atoms with Crippen LogP contribution in [0.3, 0.4) is 0 Å². The summed E-state index contributed by atoms with van der Waals surface area (Å²) < 4.78 is 30.2. The monoisotopic (exact) mass is 645 g/mol. The summed E-state index contributed by atoms with van der Waals surface area (Å²) >= 11 is 3.43. The number of amides is 1. The van der Waals surface area contributed by atoms with E-state index in [9.17, 15) is 27.9 Å².